The van der Waals surface area contributed by atoms with Crippen LogP contribution in [0.5, 0.6) is 0 Å². The van der Waals surface area contributed by atoms with Gasteiger partial charge in [0, 0.05) is 0 Å². The molecule has 0 aromatic heterocycles. The minimum absolute atomic E-state index is 0.0336. The molecular formula is C6H16N2O. The van der Waals surface area contributed by atoms with Crippen molar-refractivity contribution in [1.29, 1.82) is 0 Å². The van der Waals surface area contributed by atoms with Crippen LogP contribution < -0.4 is 11.5 Å². The second-order valence-corrected chi connectivity index (χ2v) is 3.14. The zero-order chi connectivity index (χ0) is 7.49. The van der Waals surface area contributed by atoms with Crippen LogP contribution in [-0.2, 0) is 0 Å². The monoisotopic (exact) mass is 132 g/mol. The van der Waals surface area contributed by atoms with Crippen molar-refractivity contribution in [2.24, 2.45) is 16.9 Å². The molecule has 0 radical (unpaired) electrons. The molecule has 0 heterocycles. The Morgan fingerprint density at radius 2 is 2.00 bits per heavy atom. The Bertz CT molecular complexity index is 81.1. The van der Waals surface area contributed by atoms with Crippen molar-refractivity contribution in [1.82, 2.24) is 0 Å². The maximum Gasteiger partial charge on any atom is 0.102 e. The molecule has 5 N–H and O–H groups in total. The molecule has 3 nitrogen and oxygen atoms in total. The Morgan fingerprint density at radius 3 is 2.11 bits per heavy atom. The van der Waals surface area contributed by atoms with Crippen LogP contribution in [0.1, 0.15) is 20.3 Å². The topological polar surface area (TPSA) is 72.3 Å². The van der Waals surface area contributed by atoms with Crippen molar-refractivity contribution in [3.63, 3.8) is 0 Å². The molecule has 0 bridgehead atoms. The minimum atomic E-state index is -0.733. The second-order valence-electron chi connectivity index (χ2n) is 3.14. The first-order valence-electron chi connectivity index (χ1n) is 3.12. The van der Waals surface area contributed by atoms with Gasteiger partial charge in [0.25, 0.3) is 0 Å². The minimum Gasteiger partial charge on any atom is -0.379 e. The fourth-order valence-electron chi connectivity index (χ4n) is 0.649. The van der Waals surface area contributed by atoms with E-state index >= 15 is 0 Å². The van der Waals surface area contributed by atoms with Crippen molar-refractivity contribution in [3.05, 3.63) is 0 Å². The lowest BCUT2D eigenvalue weighted by Crippen LogP contribution is -2.32. The van der Waals surface area contributed by atoms with Gasteiger partial charge in [-0.25, -0.2) is 0 Å². The Hall–Kier alpha value is -0.120. The third-order valence-electron chi connectivity index (χ3n) is 1.31. The molecule has 1 atom stereocenters. The van der Waals surface area contributed by atoms with E-state index in [4.69, 9.17) is 16.6 Å². The van der Waals surface area contributed by atoms with Crippen molar-refractivity contribution in [2.45, 2.75) is 26.5 Å². The highest BCUT2D eigenvalue weighted by Gasteiger charge is 2.17. The van der Waals surface area contributed by atoms with Crippen molar-refractivity contribution in [2.75, 3.05) is 6.54 Å². The van der Waals surface area contributed by atoms with E-state index in [1.165, 1.54) is 0 Å². The van der Waals surface area contributed by atoms with E-state index in [9.17, 15) is 0 Å². The lowest BCUT2D eigenvalue weighted by molar-refractivity contribution is 0.123. The van der Waals surface area contributed by atoms with Gasteiger partial charge in [-0.05, 0) is 18.4 Å². The number of hydrogen-bond donors (Lipinski definition) is 3. The first-order valence-corrected chi connectivity index (χ1v) is 3.12. The number of hydrogen-bond acceptors (Lipinski definition) is 3. The van der Waals surface area contributed by atoms with Gasteiger partial charge in [0.2, 0.25) is 0 Å². The van der Waals surface area contributed by atoms with Gasteiger partial charge >= 0.3 is 0 Å². The standard InChI is InChI=1S/C6H16N2O/c1-6(2,4-7)3-5(8)9/h5,9H,3-4,7-8H2,1-2H3. The highest BCUT2D eigenvalue weighted by molar-refractivity contribution is 4.70. The molecule has 1 unspecified atom stereocenters. The lowest BCUT2D eigenvalue weighted by Gasteiger charge is -2.23. The molecule has 0 aromatic rings. The van der Waals surface area contributed by atoms with Crippen LogP contribution in [0.15, 0.2) is 0 Å². The van der Waals surface area contributed by atoms with Crippen molar-refractivity contribution >= 4 is 0 Å². The average Bonchev–Trinajstić information content (AvgIpc) is 1.63. The summed E-state index contributed by atoms with van der Waals surface area (Å²) in [5.74, 6) is 0. The number of nitrogens with two attached hydrogens (primary N) is 2. The van der Waals surface area contributed by atoms with Gasteiger partial charge in [0.15, 0.2) is 0 Å². The molecule has 0 fully saturated rings. The predicted molar refractivity (Wildman–Crippen MR) is 37.6 cm³/mol. The van der Waals surface area contributed by atoms with Crippen LogP contribution in [0.25, 0.3) is 0 Å². The Kier molecular flexibility index (Phi) is 3.11. The first kappa shape index (κ1) is 8.88. The quantitative estimate of drug-likeness (QED) is 0.459. The smallest absolute Gasteiger partial charge is 0.102 e. The summed E-state index contributed by atoms with van der Waals surface area (Å²) in [4.78, 5) is 0. The van der Waals surface area contributed by atoms with E-state index in [2.05, 4.69) is 0 Å². The third-order valence-corrected chi connectivity index (χ3v) is 1.31. The molecule has 0 amide bonds. The van der Waals surface area contributed by atoms with E-state index in [0.29, 0.717) is 13.0 Å². The Labute approximate surface area is 56.0 Å². The van der Waals surface area contributed by atoms with E-state index in [1.54, 1.807) is 0 Å². The van der Waals surface area contributed by atoms with Crippen LogP contribution in [0, 0.1) is 5.41 Å². The molecule has 0 rings (SSSR count). The SMILES string of the molecule is CC(C)(CN)CC(N)O. The summed E-state index contributed by atoms with van der Waals surface area (Å²) in [5, 5.41) is 8.74. The first-order chi connectivity index (χ1) is 3.98. The van der Waals surface area contributed by atoms with Gasteiger partial charge in [-0.3, -0.25) is 0 Å². The molecule has 0 spiro atoms. The summed E-state index contributed by atoms with van der Waals surface area (Å²) in [6.07, 6.45) is -0.174. The highest BCUT2D eigenvalue weighted by Crippen LogP contribution is 2.18. The Balaban J connectivity index is 3.58. The van der Waals surface area contributed by atoms with Gasteiger partial charge in [-0.15, -0.1) is 0 Å². The van der Waals surface area contributed by atoms with Crippen LogP contribution in [-0.4, -0.2) is 17.9 Å². The molecule has 0 aromatic carbocycles. The van der Waals surface area contributed by atoms with Crippen molar-refractivity contribution < 1.29 is 5.11 Å². The van der Waals surface area contributed by atoms with Crippen LogP contribution in [0.2, 0.25) is 0 Å². The number of rotatable bonds is 3. The summed E-state index contributed by atoms with van der Waals surface area (Å²) >= 11 is 0. The van der Waals surface area contributed by atoms with E-state index in [0.717, 1.165) is 0 Å². The van der Waals surface area contributed by atoms with E-state index in [1.807, 2.05) is 13.8 Å². The maximum absolute atomic E-state index is 8.74. The van der Waals surface area contributed by atoms with Gasteiger partial charge in [-0.2, -0.15) is 0 Å². The van der Waals surface area contributed by atoms with Gasteiger partial charge in [0.05, 0.1) is 0 Å². The molecule has 9 heavy (non-hydrogen) atoms. The fourth-order valence-corrected chi connectivity index (χ4v) is 0.649. The molecule has 0 saturated carbocycles. The van der Waals surface area contributed by atoms with E-state index < -0.39 is 6.23 Å². The molecule has 0 aliphatic rings. The van der Waals surface area contributed by atoms with Crippen LogP contribution >= 0.6 is 0 Å². The van der Waals surface area contributed by atoms with Gasteiger partial charge in [-0.1, -0.05) is 13.8 Å². The summed E-state index contributed by atoms with van der Waals surface area (Å²) in [7, 11) is 0. The summed E-state index contributed by atoms with van der Waals surface area (Å²) in [6.45, 7) is 4.51. The molecule has 0 saturated heterocycles. The van der Waals surface area contributed by atoms with E-state index in [-0.39, 0.29) is 5.41 Å². The molecule has 0 aliphatic heterocycles. The molecule has 56 valence electrons. The third kappa shape index (κ3) is 4.39. The fraction of sp³-hybridized carbons (Fsp3) is 1.00. The zero-order valence-electron chi connectivity index (χ0n) is 6.09. The van der Waals surface area contributed by atoms with Crippen LogP contribution in [0.4, 0.5) is 0 Å². The zero-order valence-corrected chi connectivity index (χ0v) is 6.09. The largest absolute Gasteiger partial charge is 0.379 e. The van der Waals surface area contributed by atoms with Gasteiger partial charge in [0.1, 0.15) is 6.23 Å². The molecule has 3 heteroatoms. The van der Waals surface area contributed by atoms with Crippen molar-refractivity contribution in [3.8, 4) is 0 Å². The second kappa shape index (κ2) is 3.15. The van der Waals surface area contributed by atoms with Crippen LogP contribution in [0.3, 0.4) is 0 Å². The normalized spacial score (nSPS) is 15.7. The highest BCUT2D eigenvalue weighted by atomic mass is 16.3. The number of aliphatic hydroxyl groups is 1. The molecular weight excluding hydrogens is 116 g/mol. The Morgan fingerprint density at radius 1 is 1.56 bits per heavy atom. The molecule has 0 aliphatic carbocycles. The summed E-state index contributed by atoms with van der Waals surface area (Å²) in [5.41, 5.74) is 10.5. The lowest BCUT2D eigenvalue weighted by atomic mass is 9.89. The maximum atomic E-state index is 8.74. The number of aliphatic hydroxyl groups excluding tert-OH is 1. The predicted octanol–water partition coefficient (Wildman–Crippen LogP) is -0.361. The van der Waals surface area contributed by atoms with Gasteiger partial charge < -0.3 is 16.6 Å². The summed E-state index contributed by atoms with van der Waals surface area (Å²) < 4.78 is 0. The summed E-state index contributed by atoms with van der Waals surface area (Å²) in [6, 6.07) is 0. The average molecular weight is 132 g/mol.